The molecule has 0 unspecified atom stereocenters. The highest BCUT2D eigenvalue weighted by atomic mass is 16.5. The van der Waals surface area contributed by atoms with Crippen LogP contribution in [0.3, 0.4) is 0 Å². The van der Waals surface area contributed by atoms with Crippen molar-refractivity contribution in [1.82, 2.24) is 5.32 Å². The maximum atomic E-state index is 10.8. The summed E-state index contributed by atoms with van der Waals surface area (Å²) in [4.78, 5) is 10.8. The smallest absolute Gasteiger partial charge is 0.216 e. The first kappa shape index (κ1) is 13.2. The minimum absolute atomic E-state index is 0.0518. The lowest BCUT2D eigenvalue weighted by Crippen LogP contribution is -2.22. The number of rotatable bonds is 5. The first-order chi connectivity index (χ1) is 8.08. The summed E-state index contributed by atoms with van der Waals surface area (Å²) in [5.41, 5.74) is 7.45. The number of amides is 1. The third-order valence-electron chi connectivity index (χ3n) is 2.41. The Hall–Kier alpha value is -1.91. The normalized spacial score (nSPS) is 9.82. The van der Waals surface area contributed by atoms with Crippen LogP contribution in [0.4, 0.5) is 5.69 Å². The monoisotopic (exact) mass is 238 g/mol. The average molecular weight is 238 g/mol. The van der Waals surface area contributed by atoms with E-state index in [1.165, 1.54) is 6.92 Å². The van der Waals surface area contributed by atoms with Crippen LogP contribution in [0.2, 0.25) is 0 Å². The predicted octanol–water partition coefficient (Wildman–Crippen LogP) is 0.965. The minimum Gasteiger partial charge on any atom is -0.493 e. The molecule has 0 spiro atoms. The third-order valence-corrected chi connectivity index (χ3v) is 2.41. The molecule has 0 saturated heterocycles. The molecule has 0 aliphatic carbocycles. The van der Waals surface area contributed by atoms with Crippen molar-refractivity contribution in [2.24, 2.45) is 0 Å². The van der Waals surface area contributed by atoms with Crippen molar-refractivity contribution in [3.63, 3.8) is 0 Å². The van der Waals surface area contributed by atoms with E-state index in [4.69, 9.17) is 15.2 Å². The molecule has 0 aliphatic rings. The van der Waals surface area contributed by atoms with Gasteiger partial charge in [0.1, 0.15) is 0 Å². The fourth-order valence-corrected chi connectivity index (χ4v) is 1.53. The molecular weight excluding hydrogens is 220 g/mol. The number of benzene rings is 1. The lowest BCUT2D eigenvalue weighted by Gasteiger charge is -2.12. The number of nitrogen functional groups attached to an aromatic ring is 1. The number of ether oxygens (including phenoxy) is 2. The standard InChI is InChI=1S/C12H18N2O3/c1-8(15)14-5-4-9-6-11(16-2)12(17-3)7-10(9)13/h6-7H,4-5,13H2,1-3H3,(H,14,15). The van der Waals surface area contributed by atoms with E-state index in [1.54, 1.807) is 20.3 Å². The summed E-state index contributed by atoms with van der Waals surface area (Å²) >= 11 is 0. The van der Waals surface area contributed by atoms with Crippen LogP contribution in [-0.2, 0) is 11.2 Å². The Bertz CT molecular complexity index is 405. The van der Waals surface area contributed by atoms with Crippen molar-refractivity contribution in [1.29, 1.82) is 0 Å². The molecule has 0 atom stereocenters. The predicted molar refractivity (Wildman–Crippen MR) is 66.3 cm³/mol. The Morgan fingerprint density at radius 1 is 1.29 bits per heavy atom. The zero-order chi connectivity index (χ0) is 12.8. The Balaban J connectivity index is 2.81. The van der Waals surface area contributed by atoms with Crippen LogP contribution >= 0.6 is 0 Å². The summed E-state index contributed by atoms with van der Waals surface area (Å²) in [6.45, 7) is 2.03. The average Bonchev–Trinajstić information content (AvgIpc) is 2.30. The van der Waals surface area contributed by atoms with Gasteiger partial charge in [-0.1, -0.05) is 0 Å². The lowest BCUT2D eigenvalue weighted by atomic mass is 10.1. The summed E-state index contributed by atoms with van der Waals surface area (Å²) in [5.74, 6) is 1.19. The highest BCUT2D eigenvalue weighted by Gasteiger charge is 2.08. The molecule has 5 heteroatoms. The number of carbonyl (C=O) groups is 1. The maximum Gasteiger partial charge on any atom is 0.216 e. The number of nitrogens with one attached hydrogen (secondary N) is 1. The second-order valence-electron chi connectivity index (χ2n) is 3.64. The van der Waals surface area contributed by atoms with Crippen LogP contribution in [-0.4, -0.2) is 26.7 Å². The quantitative estimate of drug-likeness (QED) is 0.749. The van der Waals surface area contributed by atoms with Crippen LogP contribution in [0, 0.1) is 0 Å². The Morgan fingerprint density at radius 3 is 2.41 bits per heavy atom. The summed E-state index contributed by atoms with van der Waals surface area (Å²) < 4.78 is 10.3. The van der Waals surface area contributed by atoms with Crippen molar-refractivity contribution in [2.75, 3.05) is 26.5 Å². The molecule has 1 amide bonds. The van der Waals surface area contributed by atoms with Crippen molar-refractivity contribution >= 4 is 11.6 Å². The zero-order valence-electron chi connectivity index (χ0n) is 10.4. The molecule has 1 rings (SSSR count). The number of hydrogen-bond donors (Lipinski definition) is 2. The van der Waals surface area contributed by atoms with Crippen LogP contribution in [0.1, 0.15) is 12.5 Å². The second-order valence-corrected chi connectivity index (χ2v) is 3.64. The molecule has 0 saturated carbocycles. The zero-order valence-corrected chi connectivity index (χ0v) is 10.4. The molecule has 0 fully saturated rings. The SMILES string of the molecule is COc1cc(N)c(CCNC(C)=O)cc1OC. The van der Waals surface area contributed by atoms with Gasteiger partial charge in [-0.3, -0.25) is 4.79 Å². The van der Waals surface area contributed by atoms with Crippen molar-refractivity contribution in [2.45, 2.75) is 13.3 Å². The van der Waals surface area contributed by atoms with Gasteiger partial charge in [-0.15, -0.1) is 0 Å². The fourth-order valence-electron chi connectivity index (χ4n) is 1.53. The van der Waals surface area contributed by atoms with Crippen LogP contribution in [0.25, 0.3) is 0 Å². The van der Waals surface area contributed by atoms with E-state index in [9.17, 15) is 4.79 Å². The fraction of sp³-hybridized carbons (Fsp3) is 0.417. The Kier molecular flexibility index (Phi) is 4.63. The molecule has 0 aromatic heterocycles. The van der Waals surface area contributed by atoms with E-state index in [0.29, 0.717) is 30.2 Å². The molecule has 3 N–H and O–H groups in total. The first-order valence-corrected chi connectivity index (χ1v) is 5.33. The number of carbonyl (C=O) groups excluding carboxylic acids is 1. The summed E-state index contributed by atoms with van der Waals surface area (Å²) in [6, 6.07) is 3.55. The van der Waals surface area contributed by atoms with Crippen LogP contribution in [0.5, 0.6) is 11.5 Å². The highest BCUT2D eigenvalue weighted by molar-refractivity contribution is 5.72. The highest BCUT2D eigenvalue weighted by Crippen LogP contribution is 2.31. The molecule has 0 aliphatic heterocycles. The van der Waals surface area contributed by atoms with Gasteiger partial charge in [0, 0.05) is 25.2 Å². The Morgan fingerprint density at radius 2 is 1.88 bits per heavy atom. The van der Waals surface area contributed by atoms with Crippen LogP contribution in [0.15, 0.2) is 12.1 Å². The van der Waals surface area contributed by atoms with Gasteiger partial charge in [0.15, 0.2) is 11.5 Å². The molecule has 1 aromatic carbocycles. The van der Waals surface area contributed by atoms with Gasteiger partial charge < -0.3 is 20.5 Å². The number of methoxy groups -OCH3 is 2. The van der Waals surface area contributed by atoms with E-state index in [0.717, 1.165) is 5.56 Å². The molecule has 0 radical (unpaired) electrons. The largest absolute Gasteiger partial charge is 0.493 e. The molecular formula is C12H18N2O3. The van der Waals surface area contributed by atoms with E-state index in [-0.39, 0.29) is 5.91 Å². The summed E-state index contributed by atoms with van der Waals surface area (Å²) in [5, 5.41) is 2.72. The Labute approximate surface area is 101 Å². The molecule has 94 valence electrons. The summed E-state index contributed by atoms with van der Waals surface area (Å²) in [7, 11) is 3.14. The van der Waals surface area contributed by atoms with Gasteiger partial charge >= 0.3 is 0 Å². The molecule has 1 aromatic rings. The lowest BCUT2D eigenvalue weighted by molar-refractivity contribution is -0.118. The van der Waals surface area contributed by atoms with Crippen molar-refractivity contribution in [3.8, 4) is 11.5 Å². The topological polar surface area (TPSA) is 73.6 Å². The first-order valence-electron chi connectivity index (χ1n) is 5.33. The number of nitrogens with two attached hydrogens (primary N) is 1. The van der Waals surface area contributed by atoms with Gasteiger partial charge in [-0.05, 0) is 18.1 Å². The van der Waals surface area contributed by atoms with Crippen molar-refractivity contribution in [3.05, 3.63) is 17.7 Å². The van der Waals surface area contributed by atoms with Crippen molar-refractivity contribution < 1.29 is 14.3 Å². The molecule has 17 heavy (non-hydrogen) atoms. The molecule has 0 heterocycles. The van der Waals surface area contributed by atoms with Gasteiger partial charge in [0.05, 0.1) is 14.2 Å². The van der Waals surface area contributed by atoms with Gasteiger partial charge in [-0.25, -0.2) is 0 Å². The van der Waals surface area contributed by atoms with Crippen LogP contribution < -0.4 is 20.5 Å². The van der Waals surface area contributed by atoms with Gasteiger partial charge in [-0.2, -0.15) is 0 Å². The van der Waals surface area contributed by atoms with E-state index < -0.39 is 0 Å². The molecule has 0 bridgehead atoms. The maximum absolute atomic E-state index is 10.8. The van der Waals surface area contributed by atoms with Gasteiger partial charge in [0.2, 0.25) is 5.91 Å². The molecule has 5 nitrogen and oxygen atoms in total. The van der Waals surface area contributed by atoms with E-state index >= 15 is 0 Å². The second kappa shape index (κ2) is 5.98. The van der Waals surface area contributed by atoms with Gasteiger partial charge in [0.25, 0.3) is 0 Å². The summed E-state index contributed by atoms with van der Waals surface area (Å²) in [6.07, 6.45) is 0.658. The van der Waals surface area contributed by atoms with E-state index in [1.807, 2.05) is 6.07 Å². The number of anilines is 1. The van der Waals surface area contributed by atoms with E-state index in [2.05, 4.69) is 5.32 Å². The minimum atomic E-state index is -0.0518. The third kappa shape index (κ3) is 3.55. The number of hydrogen-bond acceptors (Lipinski definition) is 4.